The number of likely N-dealkylation sites (N-methyl/N-ethyl adjacent to an activating group) is 2. The molecule has 18 nitrogen and oxygen atoms in total. The first-order valence-electron chi connectivity index (χ1n) is 43.2. The summed E-state index contributed by atoms with van der Waals surface area (Å²) in [5, 5.41) is 15.2. The van der Waals surface area contributed by atoms with E-state index in [4.69, 9.17) is 45.8 Å². The summed E-state index contributed by atoms with van der Waals surface area (Å²) in [6.45, 7) is 7.25. The third-order valence-electron chi connectivity index (χ3n) is 23.6. The molecule has 5 fully saturated rings. The number of carbonyl (C=O) groups is 8. The summed E-state index contributed by atoms with van der Waals surface area (Å²) in [4.78, 5) is 94.6. The van der Waals surface area contributed by atoms with Gasteiger partial charge in [0.15, 0.2) is 0 Å². The fraction of sp³-hybridized carbons (Fsp3) is 0.327. The number of hydrogen-bond acceptors (Lipinski definition) is 14. The van der Waals surface area contributed by atoms with Crippen molar-refractivity contribution in [3.63, 3.8) is 0 Å². The number of ketones is 1. The standard InChI is InChI=1S/C25H22ClP.C22H24N2O3.C14H18O2.C14H16O2.C12H14O2.C10H12N2O2.C7H10O3.ClH/c26-27(23-15-7-2-8-16-23,24-17-9-3-10-18-24,25-19-11-4-12-20-25)21-22-13-5-1-6-14-22;1-24-19-9-5-6-10-20(19)27-14-18(22(24)26)23-21(25)17-12-16(13-17)11-15-7-3-2-4-8-15;2*1-2-16-14(15)13-9-12(10-13)8-11-6-4-3-5-7-11;13-12(14)11-7-10(8-11)6-9-4-2-1-3-5-9;1-12-8-4-2-3-5-9(8)14-6-7(11)10(12)13;1-2-10-7(9)5-3-6(8)4-5;/h1-20H,21H2;2-10,16-18H,11-14H2,1H3,(H,23,25);3-7,12-13H,2,8-10H2,1H3;3-8,13H,2,9-10H2,1H3;1-5,10-11H,6-8H2,(H,13,14);2-5,7H,6,11H2,1H3;5H,2-4H2,1H3;1H/t;16?,17?,18-;;;;7-;;/m.0...0../s1. The molecular weight excluding hydrogens is 1630 g/mol. The molecule has 0 saturated heterocycles. The number of ether oxygens (including phenoxy) is 5. The molecule has 7 aliphatic rings. The maximum Gasteiger partial charge on any atom is 0.306 e. The van der Waals surface area contributed by atoms with Gasteiger partial charge in [0.05, 0.1) is 54.9 Å². The molecule has 0 radical (unpaired) electrons. The van der Waals surface area contributed by atoms with Gasteiger partial charge in [0, 0.05) is 32.9 Å². The van der Waals surface area contributed by atoms with Gasteiger partial charge < -0.3 is 49.6 Å². The van der Waals surface area contributed by atoms with Crippen LogP contribution in [0.25, 0.3) is 6.08 Å². The molecule has 0 spiro atoms. The number of Topliss-reactive ketones (excluding diaryl/α,β-unsaturated/α-hetero) is 1. The fourth-order valence-corrected chi connectivity index (χ4v) is 22.6. The van der Waals surface area contributed by atoms with E-state index < -0.39 is 24.0 Å². The van der Waals surface area contributed by atoms with Crippen LogP contribution < -0.4 is 46.2 Å². The van der Waals surface area contributed by atoms with E-state index in [2.05, 4.69) is 193 Å². The average molecular weight is 1750 g/mol. The summed E-state index contributed by atoms with van der Waals surface area (Å²) >= 11 is 8.04. The summed E-state index contributed by atoms with van der Waals surface area (Å²) < 4.78 is 25.9. The number of amides is 3. The van der Waals surface area contributed by atoms with Crippen LogP contribution >= 0.6 is 29.6 Å². The van der Waals surface area contributed by atoms with E-state index in [0.717, 1.165) is 88.2 Å². The number of rotatable bonds is 21. The first-order valence-corrected chi connectivity index (χ1v) is 46.5. The molecule has 0 unspecified atom stereocenters. The topological polar surface area (TPSA) is 247 Å². The Morgan fingerprint density at radius 1 is 0.432 bits per heavy atom. The largest absolute Gasteiger partial charge is 0.481 e. The molecule has 5 saturated carbocycles. The van der Waals surface area contributed by atoms with Crippen molar-refractivity contribution in [3.8, 4) is 11.5 Å². The van der Waals surface area contributed by atoms with E-state index in [1.807, 2.05) is 123 Å². The van der Waals surface area contributed by atoms with Crippen molar-refractivity contribution in [3.05, 3.63) is 325 Å². The van der Waals surface area contributed by atoms with Crippen LogP contribution in [0.2, 0.25) is 0 Å². The van der Waals surface area contributed by atoms with Crippen molar-refractivity contribution in [2.24, 2.45) is 53.1 Å². The molecule has 0 aromatic heterocycles. The Balaban J connectivity index is 0.000000156. The Morgan fingerprint density at radius 2 is 0.760 bits per heavy atom. The van der Waals surface area contributed by atoms with Crippen LogP contribution in [0.1, 0.15) is 113 Å². The number of anilines is 2. The Hall–Kier alpha value is -11.5. The average Bonchev–Trinajstić information content (AvgIpc) is 0.926. The van der Waals surface area contributed by atoms with Crippen LogP contribution in [0, 0.1) is 47.3 Å². The minimum atomic E-state index is -3.21. The van der Waals surface area contributed by atoms with Gasteiger partial charge in [0.1, 0.15) is 42.6 Å². The summed E-state index contributed by atoms with van der Waals surface area (Å²) in [7, 11) is 3.42. The first kappa shape index (κ1) is 95.7. The number of fused-ring (bicyclic) bond motifs is 2. The SMILES string of the molecule is CCOC(=O)C1CC(=Cc2ccccc2)C1.CCOC(=O)C1CC(=O)C1.CCOC(=O)C1CC(Cc2ccccc2)C1.CN1C(=O)[C@@H](N)COc2ccccc21.CN1C(=O)[C@@H](NC(=O)C2CC(Cc3ccccc3)C2)COc2ccccc21.Cl.ClP(Cc1ccccc1)(c1ccccc1)(c1ccccc1)c1ccccc1.O=C(O)C1CC(Cc2ccccc2)C1. The van der Waals surface area contributed by atoms with Gasteiger partial charge in [-0.25, -0.2) is 0 Å². The Morgan fingerprint density at radius 3 is 1.15 bits per heavy atom. The maximum absolute atomic E-state index is 12.7. The van der Waals surface area contributed by atoms with Crippen molar-refractivity contribution in [1.29, 1.82) is 0 Å². The molecule has 10 aromatic rings. The van der Waals surface area contributed by atoms with E-state index >= 15 is 0 Å². The monoisotopic (exact) mass is 1750 g/mol. The molecule has 656 valence electrons. The van der Waals surface area contributed by atoms with Gasteiger partial charge in [-0.1, -0.05) is 157 Å². The van der Waals surface area contributed by atoms with Gasteiger partial charge in [-0.15, -0.1) is 12.4 Å². The second-order valence-electron chi connectivity index (χ2n) is 32.6. The van der Waals surface area contributed by atoms with Gasteiger partial charge in [-0.2, -0.15) is 0 Å². The molecule has 10 aromatic carbocycles. The van der Waals surface area contributed by atoms with Crippen molar-refractivity contribution >= 4 is 110 Å². The number of para-hydroxylation sites is 4. The van der Waals surface area contributed by atoms with Gasteiger partial charge >= 0.3 is 190 Å². The number of carboxylic acid groups (broad SMARTS) is 1. The molecule has 2 heterocycles. The summed E-state index contributed by atoms with van der Waals surface area (Å²) in [5.41, 5.74) is 14.9. The number of carboxylic acids is 1. The number of carbonyl (C=O) groups excluding carboxylic acids is 7. The van der Waals surface area contributed by atoms with Crippen LogP contribution in [-0.2, 0) is 78.0 Å². The van der Waals surface area contributed by atoms with E-state index in [9.17, 15) is 38.4 Å². The van der Waals surface area contributed by atoms with E-state index in [0.29, 0.717) is 61.9 Å². The molecule has 2 aliphatic heterocycles. The van der Waals surface area contributed by atoms with E-state index in [-0.39, 0.29) is 96.6 Å². The van der Waals surface area contributed by atoms with E-state index in [1.165, 1.54) is 54.2 Å². The number of esters is 3. The smallest absolute Gasteiger partial charge is 0.306 e. The van der Waals surface area contributed by atoms with Crippen LogP contribution in [0.15, 0.2) is 297 Å². The Labute approximate surface area is 746 Å². The Bertz CT molecular complexity index is 5010. The van der Waals surface area contributed by atoms with Gasteiger partial charge in [-0.05, 0) is 156 Å². The van der Waals surface area contributed by atoms with Crippen LogP contribution in [0.5, 0.6) is 11.5 Å². The fourth-order valence-electron chi connectivity index (χ4n) is 16.4. The third kappa shape index (κ3) is 26.5. The second kappa shape index (κ2) is 47.5. The zero-order valence-electron chi connectivity index (χ0n) is 72.0. The van der Waals surface area contributed by atoms with Crippen molar-refractivity contribution in [2.45, 2.75) is 122 Å². The molecule has 0 bridgehead atoms. The quantitative estimate of drug-likeness (QED) is 0.0344. The minimum absolute atomic E-state index is 0. The van der Waals surface area contributed by atoms with Crippen molar-refractivity contribution < 1.29 is 67.1 Å². The maximum atomic E-state index is 12.7. The first-order chi connectivity index (χ1) is 60.1. The van der Waals surface area contributed by atoms with Gasteiger partial charge in [0.25, 0.3) is 5.91 Å². The van der Waals surface area contributed by atoms with Gasteiger partial charge in [-0.3, -0.25) is 38.4 Å². The van der Waals surface area contributed by atoms with Gasteiger partial charge in [0.2, 0.25) is 11.8 Å². The molecule has 21 heteroatoms. The predicted octanol–water partition coefficient (Wildman–Crippen LogP) is 18.2. The zero-order valence-corrected chi connectivity index (χ0v) is 74.4. The summed E-state index contributed by atoms with van der Waals surface area (Å²) in [6, 6.07) is 97.4. The Kier molecular flexibility index (Phi) is 36.4. The van der Waals surface area contributed by atoms with Crippen LogP contribution in [-0.4, -0.2) is 112 Å². The molecule has 125 heavy (non-hydrogen) atoms. The number of nitrogens with one attached hydrogen (secondary N) is 1. The molecular formula is C104H117Cl2N4O14P. The van der Waals surface area contributed by atoms with Crippen molar-refractivity contribution in [1.82, 2.24) is 5.32 Å². The second-order valence-corrected chi connectivity index (χ2v) is 39.1. The number of hydrogen-bond donors (Lipinski definition) is 3. The number of allylic oxidation sites excluding steroid dienone is 1. The van der Waals surface area contributed by atoms with E-state index in [1.54, 1.807) is 25.9 Å². The number of aliphatic carboxylic acids is 1. The molecule has 2 atom stereocenters. The molecule has 4 N–H and O–H groups in total. The van der Waals surface area contributed by atoms with Crippen LogP contribution in [0.4, 0.5) is 11.4 Å². The molecule has 5 aliphatic carbocycles. The predicted molar refractivity (Wildman–Crippen MR) is 500 cm³/mol. The van der Waals surface area contributed by atoms with Crippen LogP contribution in [0.3, 0.4) is 0 Å². The summed E-state index contributed by atoms with van der Waals surface area (Å²) in [6.07, 6.45) is 14.0. The number of nitrogens with two attached hydrogens (primary N) is 1. The summed E-state index contributed by atoms with van der Waals surface area (Å²) in [5.74, 6) is -1.07. The number of benzene rings is 10. The minimum Gasteiger partial charge on any atom is -0.481 e. The number of nitrogens with zero attached hydrogens (tertiary/aromatic N) is 2. The molecule has 17 rings (SSSR count). The zero-order chi connectivity index (χ0) is 87.8. The number of halogens is 2. The van der Waals surface area contributed by atoms with Crippen molar-refractivity contribution in [2.75, 3.05) is 56.9 Å². The molecule has 3 amide bonds. The third-order valence-corrected chi connectivity index (χ3v) is 30.8. The normalized spacial score (nSPS) is 20.1.